The first-order valence-corrected chi connectivity index (χ1v) is 15.2. The Hall–Kier alpha value is -5.95. The molecule has 2 rings (SSSR count). The van der Waals surface area contributed by atoms with Gasteiger partial charge in [-0.3, -0.25) is 14.3 Å². The summed E-state index contributed by atoms with van der Waals surface area (Å²) in [6, 6.07) is 1.27. The first kappa shape index (κ1) is 38.2. The molecule has 9 heteroatoms. The van der Waals surface area contributed by atoms with Gasteiger partial charge in [0.05, 0.1) is 12.7 Å². The van der Waals surface area contributed by atoms with Crippen LogP contribution in [0.15, 0.2) is 21.9 Å². The van der Waals surface area contributed by atoms with Gasteiger partial charge in [0.25, 0.3) is 5.56 Å². The van der Waals surface area contributed by atoms with Crippen LogP contribution < -0.4 is 16.6 Å². The number of methoxy groups -OCH3 is 1. The van der Waals surface area contributed by atoms with E-state index in [-0.39, 0.29) is 12.5 Å². The second-order valence-electron chi connectivity index (χ2n) is 9.63. The first-order chi connectivity index (χ1) is 23.5. The van der Waals surface area contributed by atoms with Crippen molar-refractivity contribution in [3.8, 4) is 118 Å². The van der Waals surface area contributed by atoms with Gasteiger partial charge in [-0.2, -0.15) is 0 Å². The summed E-state index contributed by atoms with van der Waals surface area (Å²) in [5.74, 6) is 50.9. The number of thiocarbonyl (C=S) groups is 1. The summed E-state index contributed by atoms with van der Waals surface area (Å²) in [6.07, 6.45) is 4.76. The van der Waals surface area contributed by atoms with Crippen LogP contribution in [0.25, 0.3) is 0 Å². The number of H-pyrrole nitrogens is 1. The normalized spacial score (nSPS) is 15.9. The highest BCUT2D eigenvalue weighted by Crippen LogP contribution is 2.37. The van der Waals surface area contributed by atoms with E-state index in [0.29, 0.717) is 18.0 Å². The minimum atomic E-state index is -0.784. The van der Waals surface area contributed by atoms with Crippen molar-refractivity contribution < 1.29 is 14.6 Å². The van der Waals surface area contributed by atoms with Crippen molar-refractivity contribution in [1.29, 1.82) is 0 Å². The van der Waals surface area contributed by atoms with Gasteiger partial charge in [0, 0.05) is 43.7 Å². The van der Waals surface area contributed by atoms with Gasteiger partial charge >= 0.3 is 5.69 Å². The number of rotatable bonds is 11. The van der Waals surface area contributed by atoms with Crippen molar-refractivity contribution in [2.75, 3.05) is 20.3 Å². The summed E-state index contributed by atoms with van der Waals surface area (Å²) in [5.41, 5.74) is -1.05. The van der Waals surface area contributed by atoms with Crippen molar-refractivity contribution in [1.82, 2.24) is 14.9 Å². The molecule has 2 heterocycles. The van der Waals surface area contributed by atoms with Gasteiger partial charge in [0.2, 0.25) is 0 Å². The summed E-state index contributed by atoms with van der Waals surface area (Å²) in [7, 11) is 1.53. The van der Waals surface area contributed by atoms with Crippen LogP contribution in [0, 0.1) is 124 Å². The maximum Gasteiger partial charge on any atom is 0.330 e. The average Bonchev–Trinajstić information content (AvgIpc) is 3.37. The quantitative estimate of drug-likeness (QED) is 0.188. The molecular weight excluding hydrogens is 623 g/mol. The predicted octanol–water partition coefficient (Wildman–Crippen LogP) is 1.37. The molecule has 0 aromatic carbocycles. The van der Waals surface area contributed by atoms with Crippen LogP contribution in [0.2, 0.25) is 0 Å². The molecule has 1 aliphatic rings. The van der Waals surface area contributed by atoms with E-state index in [1.165, 1.54) is 23.9 Å². The standard InChI is InChI=1S/C39H31N3O5S/c1-3-4-5-6-7-8-9-10-11-12-13-14-15-16-17-18-19-22-25-28-36(48)40-30-26-23-20-21-24-27-33-37(44)34(32-46-2)47-38(33)42-31-29-35(43)41-39(42)45/h29,31,33-34,37-38,44H,20-21,23-24,26-27,30,32H2,1-2H3,(H,40,48)(H,41,43,45)/t33?,34-,37-,38-/m1/s1. The third-order valence-electron chi connectivity index (χ3n) is 6.32. The lowest BCUT2D eigenvalue weighted by atomic mass is 9.93. The average molecular weight is 654 g/mol. The molecule has 0 radical (unpaired) electrons. The maximum atomic E-state index is 12.3. The van der Waals surface area contributed by atoms with E-state index in [4.69, 9.17) is 21.7 Å². The summed E-state index contributed by atoms with van der Waals surface area (Å²) in [6.45, 7) is 2.59. The Morgan fingerprint density at radius 3 is 1.92 bits per heavy atom. The molecular formula is C39H31N3O5S. The predicted molar refractivity (Wildman–Crippen MR) is 188 cm³/mol. The molecule has 0 bridgehead atoms. The molecule has 1 unspecified atom stereocenters. The van der Waals surface area contributed by atoms with E-state index in [9.17, 15) is 14.7 Å². The Balaban J connectivity index is 1.64. The van der Waals surface area contributed by atoms with Gasteiger partial charge in [0.15, 0.2) is 4.99 Å². The SMILES string of the molecule is CC#CC#CC#CC#CC#CC#CC#CC#CC#CC#CC(=S)NCCCCCCCC1[C@@H](O)[C@@H](COC)O[C@H]1n1ccc(=O)[nH]c1=O. The number of aromatic nitrogens is 2. The Morgan fingerprint density at radius 1 is 0.854 bits per heavy atom. The largest absolute Gasteiger partial charge is 0.390 e. The van der Waals surface area contributed by atoms with Gasteiger partial charge in [-0.15, -0.1) is 0 Å². The molecule has 0 aliphatic carbocycles. The van der Waals surface area contributed by atoms with Gasteiger partial charge in [-0.25, -0.2) is 4.79 Å². The molecule has 1 aromatic rings. The van der Waals surface area contributed by atoms with E-state index in [1.807, 2.05) is 0 Å². The van der Waals surface area contributed by atoms with Crippen molar-refractivity contribution in [2.45, 2.75) is 63.9 Å². The van der Waals surface area contributed by atoms with Crippen LogP contribution in [0.1, 0.15) is 51.7 Å². The molecule has 1 fully saturated rings. The number of aromatic amines is 1. The summed E-state index contributed by atoms with van der Waals surface area (Å²) in [4.78, 5) is 26.5. The fourth-order valence-corrected chi connectivity index (χ4v) is 4.41. The number of unbranched alkanes of at least 4 members (excludes halogenated alkanes) is 4. The van der Waals surface area contributed by atoms with E-state index in [1.54, 1.807) is 6.92 Å². The monoisotopic (exact) mass is 653 g/mol. The molecule has 48 heavy (non-hydrogen) atoms. The number of hydrogen-bond acceptors (Lipinski definition) is 6. The number of aliphatic hydroxyl groups excluding tert-OH is 1. The molecule has 1 aliphatic heterocycles. The number of aliphatic hydroxyl groups is 1. The Labute approximate surface area is 287 Å². The van der Waals surface area contributed by atoms with E-state index in [0.717, 1.165) is 32.1 Å². The highest BCUT2D eigenvalue weighted by atomic mass is 32.1. The summed E-state index contributed by atoms with van der Waals surface area (Å²) < 4.78 is 12.4. The fourth-order valence-electron chi connectivity index (χ4n) is 4.25. The molecule has 0 amide bonds. The molecule has 238 valence electrons. The van der Waals surface area contributed by atoms with Crippen LogP contribution in [-0.4, -0.2) is 52.1 Å². The summed E-state index contributed by atoms with van der Waals surface area (Å²) >= 11 is 5.21. The number of hydrogen-bond donors (Lipinski definition) is 3. The first-order valence-electron chi connectivity index (χ1n) is 14.8. The lowest BCUT2D eigenvalue weighted by Gasteiger charge is -2.21. The topological polar surface area (TPSA) is 106 Å². The Kier molecular flexibility index (Phi) is 19.4. The van der Waals surface area contributed by atoms with E-state index >= 15 is 0 Å². The second-order valence-corrected chi connectivity index (χ2v) is 10.0. The van der Waals surface area contributed by atoms with Crippen LogP contribution in [0.4, 0.5) is 0 Å². The van der Waals surface area contributed by atoms with Gasteiger partial charge in [-0.1, -0.05) is 43.8 Å². The molecule has 1 saturated heterocycles. The van der Waals surface area contributed by atoms with Crippen LogP contribution in [0.3, 0.4) is 0 Å². The van der Waals surface area contributed by atoms with Crippen molar-refractivity contribution in [3.05, 3.63) is 33.1 Å². The third kappa shape index (κ3) is 15.9. The number of nitrogens with one attached hydrogen (secondary N) is 2. The molecule has 0 saturated carbocycles. The van der Waals surface area contributed by atoms with Gasteiger partial charge in [-0.05, 0) is 120 Å². The van der Waals surface area contributed by atoms with Crippen LogP contribution in [-0.2, 0) is 9.47 Å². The van der Waals surface area contributed by atoms with Gasteiger partial charge in [0.1, 0.15) is 12.3 Å². The lowest BCUT2D eigenvalue weighted by Crippen LogP contribution is -2.34. The van der Waals surface area contributed by atoms with E-state index in [2.05, 4.69) is 129 Å². The minimum Gasteiger partial charge on any atom is -0.390 e. The zero-order chi connectivity index (χ0) is 34.7. The molecule has 8 nitrogen and oxygen atoms in total. The van der Waals surface area contributed by atoms with Crippen molar-refractivity contribution >= 4 is 17.2 Å². The smallest absolute Gasteiger partial charge is 0.330 e. The highest BCUT2D eigenvalue weighted by molar-refractivity contribution is 7.80. The molecule has 0 spiro atoms. The zero-order valence-corrected chi connectivity index (χ0v) is 27.4. The molecule has 4 atom stereocenters. The third-order valence-corrected chi connectivity index (χ3v) is 6.57. The van der Waals surface area contributed by atoms with E-state index < -0.39 is 29.7 Å². The summed E-state index contributed by atoms with van der Waals surface area (Å²) in [5, 5.41) is 13.9. The van der Waals surface area contributed by atoms with Crippen LogP contribution in [0.5, 0.6) is 0 Å². The Bertz CT molecular complexity index is 2060. The fraction of sp³-hybridized carbons (Fsp3) is 0.359. The molecule has 3 N–H and O–H groups in total. The number of ether oxygens (including phenoxy) is 2. The van der Waals surface area contributed by atoms with Gasteiger partial charge < -0.3 is 19.9 Å². The maximum absolute atomic E-state index is 12.3. The zero-order valence-electron chi connectivity index (χ0n) is 26.6. The highest BCUT2D eigenvalue weighted by Gasteiger charge is 2.44. The van der Waals surface area contributed by atoms with Crippen LogP contribution >= 0.6 is 12.2 Å². The molecule has 1 aromatic heterocycles. The minimum absolute atomic E-state index is 0.207. The van der Waals surface area contributed by atoms with Crippen molar-refractivity contribution in [2.24, 2.45) is 5.92 Å². The number of nitrogens with zero attached hydrogens (tertiary/aromatic N) is 1. The lowest BCUT2D eigenvalue weighted by molar-refractivity contribution is -0.0566. The second kappa shape index (κ2) is 24.3. The van der Waals surface area contributed by atoms with Crippen molar-refractivity contribution in [3.63, 3.8) is 0 Å². The Morgan fingerprint density at radius 2 is 1.38 bits per heavy atom.